The Kier molecular flexibility index (Phi) is 2.64. The first kappa shape index (κ1) is 12.2. The molecule has 3 rings (SSSR count). The third kappa shape index (κ3) is 1.78. The van der Waals surface area contributed by atoms with Gasteiger partial charge in [0.2, 0.25) is 0 Å². The van der Waals surface area contributed by atoms with E-state index in [0.29, 0.717) is 22.5 Å². The van der Waals surface area contributed by atoms with Crippen LogP contribution in [0.2, 0.25) is 0 Å². The largest absolute Gasteiger partial charge is 0.477 e. The number of hydrogen-bond donors (Lipinski definition) is 2. The molecule has 0 saturated heterocycles. The molecule has 0 amide bonds. The van der Waals surface area contributed by atoms with Gasteiger partial charge >= 0.3 is 5.97 Å². The number of fused-ring (bicyclic) bond motifs is 1. The number of nitrogens with zero attached hydrogens (tertiary/aromatic N) is 2. The summed E-state index contributed by atoms with van der Waals surface area (Å²) < 4.78 is 1.50. The van der Waals surface area contributed by atoms with Gasteiger partial charge in [0.05, 0.1) is 5.56 Å². The van der Waals surface area contributed by atoms with Crippen LogP contribution in [-0.4, -0.2) is 25.7 Å². The highest BCUT2D eigenvalue weighted by molar-refractivity contribution is 5.87. The van der Waals surface area contributed by atoms with Crippen LogP contribution in [0.25, 0.3) is 16.8 Å². The first-order chi connectivity index (χ1) is 9.58. The minimum atomic E-state index is -1.12. The van der Waals surface area contributed by atoms with Crippen LogP contribution in [0.5, 0.6) is 0 Å². The SMILES string of the molecule is Cc1cc(C(=O)O)nc2c(-c3ccccc3)c(=O)[nH]n12. The maximum atomic E-state index is 12.1. The fraction of sp³-hybridized carbons (Fsp3) is 0.0714. The Morgan fingerprint density at radius 1 is 1.30 bits per heavy atom. The van der Waals surface area contributed by atoms with E-state index >= 15 is 0 Å². The van der Waals surface area contributed by atoms with Crippen LogP contribution in [0.3, 0.4) is 0 Å². The van der Waals surface area contributed by atoms with Crippen LogP contribution in [0.15, 0.2) is 41.2 Å². The van der Waals surface area contributed by atoms with E-state index < -0.39 is 5.97 Å². The molecule has 0 radical (unpaired) electrons. The monoisotopic (exact) mass is 269 g/mol. The van der Waals surface area contributed by atoms with Gasteiger partial charge in [-0.25, -0.2) is 14.3 Å². The van der Waals surface area contributed by atoms with Gasteiger partial charge in [-0.15, -0.1) is 0 Å². The van der Waals surface area contributed by atoms with Crippen molar-refractivity contribution in [3.05, 3.63) is 58.1 Å². The number of aromatic carboxylic acids is 1. The van der Waals surface area contributed by atoms with Crippen LogP contribution in [0.1, 0.15) is 16.2 Å². The van der Waals surface area contributed by atoms with Crippen LogP contribution < -0.4 is 5.56 Å². The maximum absolute atomic E-state index is 12.1. The number of aryl methyl sites for hydroxylation is 1. The predicted octanol–water partition coefficient (Wildman–Crippen LogP) is 1.70. The lowest BCUT2D eigenvalue weighted by Crippen LogP contribution is -2.06. The van der Waals surface area contributed by atoms with Gasteiger partial charge in [0.25, 0.3) is 5.56 Å². The van der Waals surface area contributed by atoms with Crippen molar-refractivity contribution in [2.75, 3.05) is 0 Å². The molecule has 2 heterocycles. The molecule has 2 aromatic heterocycles. The Morgan fingerprint density at radius 2 is 2.00 bits per heavy atom. The van der Waals surface area contributed by atoms with Crippen molar-refractivity contribution in [3.8, 4) is 11.1 Å². The quantitative estimate of drug-likeness (QED) is 0.741. The Morgan fingerprint density at radius 3 is 2.65 bits per heavy atom. The number of aromatic nitrogens is 3. The number of carboxylic acid groups (broad SMARTS) is 1. The predicted molar refractivity (Wildman–Crippen MR) is 72.9 cm³/mol. The standard InChI is InChI=1S/C14H11N3O3/c1-8-7-10(14(19)20)15-12-11(13(18)16-17(8)12)9-5-3-2-4-6-9/h2-7H,1H3,(H,16,18)(H,19,20). The summed E-state index contributed by atoms with van der Waals surface area (Å²) in [6.07, 6.45) is 0. The number of hydrogen-bond acceptors (Lipinski definition) is 3. The van der Waals surface area contributed by atoms with Gasteiger partial charge in [-0.05, 0) is 18.6 Å². The summed E-state index contributed by atoms with van der Waals surface area (Å²) in [7, 11) is 0. The molecule has 0 fully saturated rings. The molecule has 0 aliphatic carbocycles. The molecule has 1 aromatic carbocycles. The summed E-state index contributed by atoms with van der Waals surface area (Å²) in [5, 5.41) is 11.7. The maximum Gasteiger partial charge on any atom is 0.354 e. The smallest absolute Gasteiger partial charge is 0.354 e. The first-order valence-corrected chi connectivity index (χ1v) is 5.99. The van der Waals surface area contributed by atoms with Crippen LogP contribution in [-0.2, 0) is 0 Å². The van der Waals surface area contributed by atoms with Crippen molar-refractivity contribution in [3.63, 3.8) is 0 Å². The van der Waals surface area contributed by atoms with Gasteiger partial charge in [-0.3, -0.25) is 9.89 Å². The number of benzene rings is 1. The van der Waals surface area contributed by atoms with Crippen molar-refractivity contribution in [2.24, 2.45) is 0 Å². The molecule has 6 heteroatoms. The van der Waals surface area contributed by atoms with Crippen LogP contribution in [0.4, 0.5) is 0 Å². The summed E-state index contributed by atoms with van der Waals surface area (Å²) in [6.45, 7) is 1.71. The zero-order chi connectivity index (χ0) is 14.3. The van der Waals surface area contributed by atoms with Crippen molar-refractivity contribution >= 4 is 11.6 Å². The zero-order valence-corrected chi connectivity index (χ0v) is 10.6. The highest BCUT2D eigenvalue weighted by Gasteiger charge is 2.16. The molecule has 0 aliphatic heterocycles. The Labute approximate surface area is 113 Å². The van der Waals surface area contributed by atoms with Crippen molar-refractivity contribution in [2.45, 2.75) is 6.92 Å². The van der Waals surface area contributed by atoms with Crippen LogP contribution in [0, 0.1) is 6.92 Å². The summed E-state index contributed by atoms with van der Waals surface area (Å²) in [6, 6.07) is 10.5. The van der Waals surface area contributed by atoms with E-state index in [0.717, 1.165) is 0 Å². The average Bonchev–Trinajstić information content (AvgIpc) is 2.76. The molecular weight excluding hydrogens is 258 g/mol. The molecule has 6 nitrogen and oxygen atoms in total. The second-order valence-electron chi connectivity index (χ2n) is 4.43. The lowest BCUT2D eigenvalue weighted by atomic mass is 10.1. The molecule has 0 unspecified atom stereocenters. The summed E-state index contributed by atoms with van der Waals surface area (Å²) in [5.74, 6) is -1.12. The Balaban J connectivity index is 2.41. The van der Waals surface area contributed by atoms with Crippen molar-refractivity contribution < 1.29 is 9.90 Å². The Hall–Kier alpha value is -2.89. The lowest BCUT2D eigenvalue weighted by Gasteiger charge is -2.03. The summed E-state index contributed by atoms with van der Waals surface area (Å²) >= 11 is 0. The van der Waals surface area contributed by atoms with Gasteiger partial charge in [0.1, 0.15) is 0 Å². The fourth-order valence-electron chi connectivity index (χ4n) is 2.17. The highest BCUT2D eigenvalue weighted by atomic mass is 16.4. The minimum absolute atomic E-state index is 0.0846. The average molecular weight is 269 g/mol. The van der Waals surface area contributed by atoms with Crippen molar-refractivity contribution in [1.29, 1.82) is 0 Å². The third-order valence-electron chi connectivity index (χ3n) is 3.08. The normalized spacial score (nSPS) is 10.8. The fourth-order valence-corrected chi connectivity index (χ4v) is 2.17. The first-order valence-electron chi connectivity index (χ1n) is 5.99. The number of rotatable bonds is 2. The molecule has 0 spiro atoms. The van der Waals surface area contributed by atoms with Gasteiger partial charge < -0.3 is 5.11 Å². The number of carbonyl (C=O) groups is 1. The second-order valence-corrected chi connectivity index (χ2v) is 4.43. The molecule has 100 valence electrons. The second kappa shape index (κ2) is 4.34. The number of nitrogens with one attached hydrogen (secondary N) is 1. The van der Waals surface area contributed by atoms with E-state index in [2.05, 4.69) is 10.1 Å². The summed E-state index contributed by atoms with van der Waals surface area (Å²) in [5.41, 5.74) is 1.61. The summed E-state index contributed by atoms with van der Waals surface area (Å²) in [4.78, 5) is 27.3. The van der Waals surface area contributed by atoms with Gasteiger partial charge in [-0.2, -0.15) is 0 Å². The molecule has 2 N–H and O–H groups in total. The number of aromatic amines is 1. The molecule has 3 aromatic rings. The molecule has 0 atom stereocenters. The Bertz CT molecular complexity index is 862. The van der Waals surface area contributed by atoms with E-state index in [1.165, 1.54) is 10.6 Å². The van der Waals surface area contributed by atoms with E-state index in [-0.39, 0.29) is 11.3 Å². The highest BCUT2D eigenvalue weighted by Crippen LogP contribution is 2.20. The van der Waals surface area contributed by atoms with E-state index in [4.69, 9.17) is 5.11 Å². The molecule has 0 bridgehead atoms. The third-order valence-corrected chi connectivity index (χ3v) is 3.08. The lowest BCUT2D eigenvalue weighted by molar-refractivity contribution is 0.0690. The topological polar surface area (TPSA) is 87.5 Å². The van der Waals surface area contributed by atoms with Gasteiger partial charge in [0.15, 0.2) is 11.3 Å². The molecule has 0 saturated carbocycles. The molecule has 0 aliphatic rings. The molecular formula is C14H11N3O3. The van der Waals surface area contributed by atoms with Gasteiger partial charge in [-0.1, -0.05) is 30.3 Å². The number of H-pyrrole nitrogens is 1. The minimum Gasteiger partial charge on any atom is -0.477 e. The van der Waals surface area contributed by atoms with E-state index in [1.807, 2.05) is 18.2 Å². The number of carboxylic acids is 1. The van der Waals surface area contributed by atoms with E-state index in [9.17, 15) is 9.59 Å². The molecule has 20 heavy (non-hydrogen) atoms. The van der Waals surface area contributed by atoms with Crippen molar-refractivity contribution in [1.82, 2.24) is 14.6 Å². The van der Waals surface area contributed by atoms with Gasteiger partial charge in [0, 0.05) is 5.69 Å². The van der Waals surface area contributed by atoms with E-state index in [1.54, 1.807) is 19.1 Å². The zero-order valence-electron chi connectivity index (χ0n) is 10.6. The van der Waals surface area contributed by atoms with Crippen LogP contribution >= 0.6 is 0 Å².